The SMILES string of the molecule is O=C(c1ccc2nccnc2c1)N(Cc1cccnc1)c1nc2c(F)cccc2s1. The Balaban J connectivity index is 1.60. The van der Waals surface area contributed by atoms with Crippen LogP contribution in [0, 0.1) is 5.82 Å². The van der Waals surface area contributed by atoms with Crippen LogP contribution in [-0.2, 0) is 6.54 Å². The molecule has 30 heavy (non-hydrogen) atoms. The Morgan fingerprint density at radius 2 is 1.87 bits per heavy atom. The summed E-state index contributed by atoms with van der Waals surface area (Å²) in [4.78, 5) is 32.1. The molecule has 0 aliphatic rings. The topological polar surface area (TPSA) is 71.9 Å². The van der Waals surface area contributed by atoms with Gasteiger partial charge in [-0.05, 0) is 42.0 Å². The molecule has 0 N–H and O–H groups in total. The van der Waals surface area contributed by atoms with E-state index in [0.717, 1.165) is 5.56 Å². The van der Waals surface area contributed by atoms with Crippen LogP contribution < -0.4 is 4.90 Å². The van der Waals surface area contributed by atoms with E-state index in [1.54, 1.807) is 60.0 Å². The van der Waals surface area contributed by atoms with Gasteiger partial charge in [0.1, 0.15) is 11.3 Å². The van der Waals surface area contributed by atoms with Gasteiger partial charge in [0.2, 0.25) is 0 Å². The molecule has 146 valence electrons. The summed E-state index contributed by atoms with van der Waals surface area (Å²) in [7, 11) is 0. The van der Waals surface area contributed by atoms with Crippen molar-refractivity contribution in [3.63, 3.8) is 0 Å². The van der Waals surface area contributed by atoms with Gasteiger partial charge in [-0.3, -0.25) is 24.6 Å². The molecule has 0 radical (unpaired) electrons. The molecule has 3 aromatic heterocycles. The molecule has 5 aromatic rings. The van der Waals surface area contributed by atoms with Crippen LogP contribution in [0.1, 0.15) is 15.9 Å². The molecule has 0 saturated carbocycles. The van der Waals surface area contributed by atoms with Crippen molar-refractivity contribution in [2.75, 3.05) is 4.90 Å². The number of halogens is 1. The minimum absolute atomic E-state index is 0.255. The molecule has 0 spiro atoms. The highest BCUT2D eigenvalue weighted by molar-refractivity contribution is 7.22. The average Bonchev–Trinajstić information content (AvgIpc) is 3.23. The quantitative estimate of drug-likeness (QED) is 0.428. The lowest BCUT2D eigenvalue weighted by Crippen LogP contribution is -2.30. The third kappa shape index (κ3) is 3.37. The monoisotopic (exact) mass is 415 g/mol. The van der Waals surface area contributed by atoms with Crippen molar-refractivity contribution in [1.29, 1.82) is 0 Å². The molecule has 0 aliphatic carbocycles. The summed E-state index contributed by atoms with van der Waals surface area (Å²) in [6.07, 6.45) is 6.55. The number of carbonyl (C=O) groups is 1. The maximum absolute atomic E-state index is 14.2. The lowest BCUT2D eigenvalue weighted by molar-refractivity contribution is 0.0985. The first kappa shape index (κ1) is 18.3. The molecule has 0 unspecified atom stereocenters. The van der Waals surface area contributed by atoms with E-state index in [0.29, 0.717) is 26.4 Å². The number of para-hydroxylation sites is 1. The normalized spacial score (nSPS) is 11.1. The maximum atomic E-state index is 14.2. The van der Waals surface area contributed by atoms with Crippen LogP contribution in [0.4, 0.5) is 9.52 Å². The third-order valence-corrected chi connectivity index (χ3v) is 5.66. The second kappa shape index (κ2) is 7.57. The van der Waals surface area contributed by atoms with Crippen LogP contribution in [-0.4, -0.2) is 25.8 Å². The van der Waals surface area contributed by atoms with Crippen molar-refractivity contribution in [2.45, 2.75) is 6.54 Å². The van der Waals surface area contributed by atoms with Crippen LogP contribution in [0.2, 0.25) is 0 Å². The van der Waals surface area contributed by atoms with Gasteiger partial charge in [0, 0.05) is 30.4 Å². The van der Waals surface area contributed by atoms with E-state index < -0.39 is 5.82 Å². The highest BCUT2D eigenvalue weighted by Gasteiger charge is 2.23. The van der Waals surface area contributed by atoms with Gasteiger partial charge in [-0.25, -0.2) is 9.37 Å². The summed E-state index contributed by atoms with van der Waals surface area (Å²) in [5.41, 5.74) is 2.87. The number of benzene rings is 2. The van der Waals surface area contributed by atoms with Crippen molar-refractivity contribution in [3.05, 3.63) is 90.3 Å². The lowest BCUT2D eigenvalue weighted by Gasteiger charge is -2.20. The first-order valence-electron chi connectivity index (χ1n) is 9.15. The van der Waals surface area contributed by atoms with Crippen LogP contribution in [0.15, 0.2) is 73.3 Å². The fourth-order valence-corrected chi connectivity index (χ4v) is 4.15. The zero-order valence-corrected chi connectivity index (χ0v) is 16.4. The van der Waals surface area contributed by atoms with Gasteiger partial charge in [-0.1, -0.05) is 23.5 Å². The van der Waals surface area contributed by atoms with Crippen LogP contribution in [0.5, 0.6) is 0 Å². The van der Waals surface area contributed by atoms with E-state index in [-0.39, 0.29) is 18.0 Å². The molecule has 2 aromatic carbocycles. The Morgan fingerprint density at radius 1 is 1.00 bits per heavy atom. The van der Waals surface area contributed by atoms with Gasteiger partial charge in [0.05, 0.1) is 22.3 Å². The molecule has 8 heteroatoms. The van der Waals surface area contributed by atoms with Gasteiger partial charge in [0.25, 0.3) is 5.91 Å². The lowest BCUT2D eigenvalue weighted by atomic mass is 10.1. The highest BCUT2D eigenvalue weighted by atomic mass is 32.1. The van der Waals surface area contributed by atoms with Crippen molar-refractivity contribution in [1.82, 2.24) is 19.9 Å². The van der Waals surface area contributed by atoms with Crippen molar-refractivity contribution in [3.8, 4) is 0 Å². The second-order valence-corrected chi connectivity index (χ2v) is 7.60. The minimum Gasteiger partial charge on any atom is -0.279 e. The fraction of sp³-hybridized carbons (Fsp3) is 0.0455. The van der Waals surface area contributed by atoms with E-state index in [9.17, 15) is 9.18 Å². The second-order valence-electron chi connectivity index (χ2n) is 6.60. The largest absolute Gasteiger partial charge is 0.279 e. The Hall–Kier alpha value is -3.78. The number of pyridine rings is 1. The summed E-state index contributed by atoms with van der Waals surface area (Å²) >= 11 is 1.27. The number of hydrogen-bond donors (Lipinski definition) is 0. The van der Waals surface area contributed by atoms with Crippen LogP contribution in [0.3, 0.4) is 0 Å². The Kier molecular flexibility index (Phi) is 4.61. The Labute approximate surface area is 174 Å². The molecule has 0 fully saturated rings. The van der Waals surface area contributed by atoms with E-state index >= 15 is 0 Å². The number of nitrogens with zero attached hydrogens (tertiary/aromatic N) is 5. The molecule has 1 amide bonds. The van der Waals surface area contributed by atoms with E-state index in [1.165, 1.54) is 17.4 Å². The summed E-state index contributed by atoms with van der Waals surface area (Å²) in [5, 5.41) is 0.420. The van der Waals surface area contributed by atoms with Crippen molar-refractivity contribution >= 4 is 43.6 Å². The predicted molar refractivity (Wildman–Crippen MR) is 114 cm³/mol. The van der Waals surface area contributed by atoms with Gasteiger partial charge >= 0.3 is 0 Å². The average molecular weight is 415 g/mol. The minimum atomic E-state index is -0.412. The molecule has 0 saturated heterocycles. The van der Waals surface area contributed by atoms with Gasteiger partial charge < -0.3 is 0 Å². The fourth-order valence-electron chi connectivity index (χ4n) is 3.17. The Bertz CT molecular complexity index is 1370. The van der Waals surface area contributed by atoms with Gasteiger partial charge in [0.15, 0.2) is 5.13 Å². The van der Waals surface area contributed by atoms with Crippen molar-refractivity contribution < 1.29 is 9.18 Å². The van der Waals surface area contributed by atoms with E-state index in [4.69, 9.17) is 0 Å². The maximum Gasteiger partial charge on any atom is 0.260 e. The summed E-state index contributed by atoms with van der Waals surface area (Å²) in [6, 6.07) is 13.6. The first-order valence-corrected chi connectivity index (χ1v) is 9.97. The summed E-state index contributed by atoms with van der Waals surface area (Å²) in [5.74, 6) is -0.671. The Morgan fingerprint density at radius 3 is 2.67 bits per heavy atom. The number of amides is 1. The van der Waals surface area contributed by atoms with Crippen molar-refractivity contribution in [2.24, 2.45) is 0 Å². The van der Waals surface area contributed by atoms with Gasteiger partial charge in [-0.15, -0.1) is 0 Å². The number of fused-ring (bicyclic) bond motifs is 2. The number of anilines is 1. The molecule has 6 nitrogen and oxygen atoms in total. The number of hydrogen-bond acceptors (Lipinski definition) is 6. The predicted octanol–water partition coefficient (Wildman–Crippen LogP) is 4.62. The molecule has 0 atom stereocenters. The summed E-state index contributed by atoms with van der Waals surface area (Å²) < 4.78 is 14.9. The highest BCUT2D eigenvalue weighted by Crippen LogP contribution is 2.32. The molecular weight excluding hydrogens is 401 g/mol. The third-order valence-electron chi connectivity index (χ3n) is 4.61. The summed E-state index contributed by atoms with van der Waals surface area (Å²) in [6.45, 7) is 0.257. The first-order chi connectivity index (χ1) is 14.7. The number of thiazole rings is 1. The molecule has 0 bridgehead atoms. The zero-order chi connectivity index (χ0) is 20.5. The zero-order valence-electron chi connectivity index (χ0n) is 15.6. The molecule has 0 aliphatic heterocycles. The molecule has 5 rings (SSSR count). The van der Waals surface area contributed by atoms with Crippen LogP contribution >= 0.6 is 11.3 Å². The van der Waals surface area contributed by atoms with E-state index in [1.807, 2.05) is 12.1 Å². The molecule has 3 heterocycles. The number of carbonyl (C=O) groups excluding carboxylic acids is 1. The smallest absolute Gasteiger partial charge is 0.260 e. The van der Waals surface area contributed by atoms with E-state index in [2.05, 4.69) is 19.9 Å². The number of aromatic nitrogens is 4. The van der Waals surface area contributed by atoms with Crippen LogP contribution in [0.25, 0.3) is 21.3 Å². The standard InChI is InChI=1S/C22H14FN5OS/c23-16-4-1-5-19-20(16)27-22(30-19)28(13-14-3-2-8-24-12-14)21(29)15-6-7-17-18(11-15)26-10-9-25-17/h1-12H,13H2. The molecular formula is C22H14FN5OS. The van der Waals surface area contributed by atoms with Gasteiger partial charge in [-0.2, -0.15) is 0 Å². The number of rotatable bonds is 4.